The Balaban J connectivity index is 0.00000149. The third kappa shape index (κ3) is 7.94. The van der Waals surface area contributed by atoms with Gasteiger partial charge in [-0.3, -0.25) is 10.6 Å². The SMILES string of the molecule is O=S(=O)([O-])C1CCCC2C3[N-]C(NC4NC(NC5[N-]C(NC6NC(N3)C3CCCC(S(=O)(=O)[O-])C63)C3CCCCC53)C3CCCCC43)C21.[Cu+2].[Na+].[Na+]. The molecule has 9 aliphatic rings. The fourth-order valence-corrected chi connectivity index (χ4v) is 14.8. The van der Waals surface area contributed by atoms with Gasteiger partial charge in [-0.1, -0.05) is 82.5 Å². The second-order valence-corrected chi connectivity index (χ2v) is 19.8. The monoisotopic (exact) mass is 817 g/mol. The van der Waals surface area contributed by atoms with Crippen LogP contribution in [0.2, 0.25) is 0 Å². The van der Waals surface area contributed by atoms with Crippen molar-refractivity contribution in [1.82, 2.24) is 31.9 Å². The summed E-state index contributed by atoms with van der Waals surface area (Å²) in [6, 6.07) is 0. The molecule has 0 aromatic carbocycles. The Morgan fingerprint density at radius 1 is 0.412 bits per heavy atom. The maximum absolute atomic E-state index is 12.7. The van der Waals surface area contributed by atoms with Crippen LogP contribution in [0.4, 0.5) is 0 Å². The number of fused-ring (bicyclic) bond motifs is 20. The molecule has 5 saturated heterocycles. The van der Waals surface area contributed by atoms with Crippen molar-refractivity contribution >= 4 is 20.2 Å². The van der Waals surface area contributed by atoms with Gasteiger partial charge < -0.3 is 41.0 Å². The van der Waals surface area contributed by atoms with Gasteiger partial charge in [-0.15, -0.1) is 0 Å². The van der Waals surface area contributed by atoms with E-state index in [1.54, 1.807) is 0 Å². The molecular weight excluding hydrogens is 766 g/mol. The summed E-state index contributed by atoms with van der Waals surface area (Å²) < 4.78 is 76.4. The first-order valence-electron chi connectivity index (χ1n) is 18.9. The second kappa shape index (κ2) is 16.7. The average Bonchev–Trinajstić information content (AvgIpc) is 3.79. The molecule has 18 atom stereocenters. The Morgan fingerprint density at radius 2 is 0.784 bits per heavy atom. The van der Waals surface area contributed by atoms with E-state index in [1.165, 1.54) is 12.8 Å². The summed E-state index contributed by atoms with van der Waals surface area (Å²) in [5, 5.41) is 31.6. The van der Waals surface area contributed by atoms with Crippen LogP contribution in [0.25, 0.3) is 10.6 Å². The molecule has 8 bridgehead atoms. The summed E-state index contributed by atoms with van der Waals surface area (Å²) in [4.78, 5) is 0. The van der Waals surface area contributed by atoms with Crippen molar-refractivity contribution in [1.29, 1.82) is 0 Å². The molecule has 5 heterocycles. The summed E-state index contributed by atoms with van der Waals surface area (Å²) in [6.45, 7) is 0. The van der Waals surface area contributed by atoms with Gasteiger partial charge in [-0.05, 0) is 73.5 Å². The Labute approximate surface area is 358 Å². The van der Waals surface area contributed by atoms with Gasteiger partial charge in [-0.2, -0.15) is 0 Å². The summed E-state index contributed by atoms with van der Waals surface area (Å²) >= 11 is 0. The zero-order valence-electron chi connectivity index (χ0n) is 29.8. The fraction of sp³-hybridized carbons (Fsp3) is 1.00. The van der Waals surface area contributed by atoms with E-state index in [2.05, 4.69) is 31.9 Å². The largest absolute Gasteiger partial charge is 2.00 e. The maximum atomic E-state index is 12.7. The predicted octanol–water partition coefficient (Wildman–Crippen LogP) is -4.77. The summed E-state index contributed by atoms with van der Waals surface area (Å²) in [5.41, 5.74) is 0. The minimum Gasteiger partial charge on any atom is -0.748 e. The first-order valence-corrected chi connectivity index (χ1v) is 21.8. The van der Waals surface area contributed by atoms with Crippen molar-refractivity contribution in [3.63, 3.8) is 0 Å². The van der Waals surface area contributed by atoms with Crippen LogP contribution in [0.5, 0.6) is 0 Å². The van der Waals surface area contributed by atoms with Crippen LogP contribution in [0.15, 0.2) is 0 Å². The van der Waals surface area contributed by atoms with E-state index < -0.39 is 61.1 Å². The molecule has 14 nitrogen and oxygen atoms in total. The van der Waals surface area contributed by atoms with E-state index in [-0.39, 0.29) is 119 Å². The van der Waals surface area contributed by atoms with Crippen LogP contribution in [0, 0.1) is 47.3 Å². The molecule has 5 aliphatic heterocycles. The van der Waals surface area contributed by atoms with Gasteiger partial charge in [0.2, 0.25) is 0 Å². The summed E-state index contributed by atoms with van der Waals surface area (Å²) in [5.74, 6) is 0.320. The van der Waals surface area contributed by atoms with Crippen molar-refractivity contribution in [3.05, 3.63) is 10.6 Å². The maximum Gasteiger partial charge on any atom is 2.00 e. The van der Waals surface area contributed by atoms with E-state index >= 15 is 0 Å². The third-order valence-corrected chi connectivity index (χ3v) is 17.0. The summed E-state index contributed by atoms with van der Waals surface area (Å²) in [6.07, 6.45) is 10.6. The first kappa shape index (κ1) is 42.6. The predicted molar refractivity (Wildman–Crippen MR) is 175 cm³/mol. The molecule has 4 saturated carbocycles. The Hall–Kier alpha value is 2.02. The van der Waals surface area contributed by atoms with E-state index in [4.69, 9.17) is 10.6 Å². The van der Waals surface area contributed by atoms with Crippen molar-refractivity contribution in [2.75, 3.05) is 0 Å². The Bertz CT molecular complexity index is 1360. The molecule has 9 rings (SSSR count). The smallest absolute Gasteiger partial charge is 0.748 e. The molecule has 18 unspecified atom stereocenters. The zero-order chi connectivity index (χ0) is 32.9. The molecule has 51 heavy (non-hydrogen) atoms. The van der Waals surface area contributed by atoms with Gasteiger partial charge in [0, 0.05) is 5.92 Å². The molecule has 9 fully saturated rings. The third-order valence-electron chi connectivity index (χ3n) is 14.4. The topological polar surface area (TPSA) is 215 Å². The molecule has 0 aromatic heterocycles. The van der Waals surface area contributed by atoms with Crippen LogP contribution >= 0.6 is 0 Å². The van der Waals surface area contributed by atoms with Gasteiger partial charge in [0.05, 0.1) is 55.4 Å². The van der Waals surface area contributed by atoms with Crippen molar-refractivity contribution in [3.8, 4) is 0 Å². The molecule has 0 amide bonds. The second-order valence-electron chi connectivity index (χ2n) is 16.6. The number of hydrogen-bond donors (Lipinski definition) is 6. The minimum atomic E-state index is -4.55. The molecule has 0 aromatic rings. The standard InChI is InChI=1S/C32H54N8O6S2.Cu.2Na/c41-47(42,43)21-13-5-11-19-23(21)31-37-27-17-9-3-1-7-15(17)25(34-27)33-26-16-8-2-4-10-18(16)28(35-26)38-32-24-20(30(40-32)36-29(19)39-31)12-6-14-22(24)48(44,45)46;;;/h15-34,36-38,40H,1-14H2,(H,41,42,43)(H,44,45,46);;;/q-2;+2;2*+1/p-2. The number of nitrogens with one attached hydrogen (secondary N) is 6. The Morgan fingerprint density at radius 3 is 1.33 bits per heavy atom. The molecule has 19 heteroatoms. The Kier molecular flexibility index (Phi) is 14.0. The fourth-order valence-electron chi connectivity index (χ4n) is 12.5. The van der Waals surface area contributed by atoms with Crippen LogP contribution in [-0.2, 0) is 37.3 Å². The van der Waals surface area contributed by atoms with Crippen molar-refractivity contribution < 1.29 is 102 Å². The van der Waals surface area contributed by atoms with Gasteiger partial charge in [0.15, 0.2) is 0 Å². The normalized spacial score (nSPS) is 50.6. The number of hydrogen-bond acceptors (Lipinski definition) is 12. The van der Waals surface area contributed by atoms with Crippen LogP contribution < -0.4 is 91.0 Å². The number of nitrogens with zero attached hydrogens (tertiary/aromatic N) is 2. The summed E-state index contributed by atoms with van der Waals surface area (Å²) in [7, 11) is -9.10. The minimum absolute atomic E-state index is 0. The zero-order valence-corrected chi connectivity index (χ0v) is 36.3. The van der Waals surface area contributed by atoms with Crippen molar-refractivity contribution in [2.45, 2.75) is 150 Å². The first-order chi connectivity index (χ1) is 23.0. The molecule has 281 valence electrons. The number of rotatable bonds is 2. The van der Waals surface area contributed by atoms with Crippen LogP contribution in [0.1, 0.15) is 89.9 Å². The average molecular weight is 818 g/mol. The molecule has 4 aliphatic carbocycles. The molecule has 1 radical (unpaired) electrons. The quantitative estimate of drug-likeness (QED) is 0.115. The van der Waals surface area contributed by atoms with E-state index in [0.717, 1.165) is 51.4 Å². The van der Waals surface area contributed by atoms with Gasteiger partial charge in [0.25, 0.3) is 0 Å². The van der Waals surface area contributed by atoms with E-state index in [1.807, 2.05) is 0 Å². The van der Waals surface area contributed by atoms with Gasteiger partial charge in [0.1, 0.15) is 0 Å². The van der Waals surface area contributed by atoms with Crippen LogP contribution in [-0.4, -0.2) is 85.8 Å². The van der Waals surface area contributed by atoms with Gasteiger partial charge >= 0.3 is 76.2 Å². The van der Waals surface area contributed by atoms with E-state index in [9.17, 15) is 25.9 Å². The van der Waals surface area contributed by atoms with Gasteiger partial charge in [-0.25, -0.2) is 16.8 Å². The van der Waals surface area contributed by atoms with Crippen LogP contribution in [0.3, 0.4) is 0 Å². The van der Waals surface area contributed by atoms with E-state index in [0.29, 0.717) is 49.4 Å². The molecule has 0 spiro atoms. The van der Waals surface area contributed by atoms with Crippen molar-refractivity contribution in [2.24, 2.45) is 47.3 Å². The molecule has 6 N–H and O–H groups in total. The molecular formula is C32H52CuN8Na2O6S2.